The minimum atomic E-state index is -0.649. The van der Waals surface area contributed by atoms with E-state index in [0.717, 1.165) is 0 Å². The highest BCUT2D eigenvalue weighted by atomic mass is 35.5. The minimum absolute atomic E-state index is 0.0766. The molecule has 0 aliphatic carbocycles. The first-order chi connectivity index (χ1) is 7.58. The van der Waals surface area contributed by atoms with E-state index in [4.69, 9.17) is 39.2 Å². The maximum absolute atomic E-state index is 10.9. The van der Waals surface area contributed by atoms with E-state index in [1.807, 2.05) is 0 Å². The summed E-state index contributed by atoms with van der Waals surface area (Å²) < 4.78 is 5.24. The Kier molecular flexibility index (Phi) is 3.24. The molecule has 1 aromatic carbocycles. The number of hydrogen-bond acceptors (Lipinski definition) is 2. The Hall–Kier alpha value is -0.960. The lowest BCUT2D eigenvalue weighted by atomic mass is 10.2. The van der Waals surface area contributed by atoms with E-state index in [9.17, 15) is 4.79 Å². The molecule has 5 heteroatoms. The van der Waals surface area contributed by atoms with Gasteiger partial charge in [0.15, 0.2) is 5.76 Å². The number of furan rings is 1. The lowest BCUT2D eigenvalue weighted by molar-refractivity contribution is 0.105. The molecule has 0 unspecified atom stereocenters. The van der Waals surface area contributed by atoms with Gasteiger partial charge in [-0.25, -0.2) is 0 Å². The Labute approximate surface area is 107 Å². The largest absolute Gasteiger partial charge is 0.452 e. The highest BCUT2D eigenvalue weighted by molar-refractivity contribution is 6.67. The van der Waals surface area contributed by atoms with Crippen molar-refractivity contribution in [2.24, 2.45) is 0 Å². The predicted molar refractivity (Wildman–Crippen MR) is 64.3 cm³/mol. The quantitative estimate of drug-likeness (QED) is 0.748. The van der Waals surface area contributed by atoms with E-state index < -0.39 is 5.24 Å². The summed E-state index contributed by atoms with van der Waals surface area (Å²) in [6.07, 6.45) is 0. The second kappa shape index (κ2) is 4.50. The highest BCUT2D eigenvalue weighted by Gasteiger charge is 2.12. The fourth-order valence-electron chi connectivity index (χ4n) is 1.27. The first kappa shape index (κ1) is 11.5. The van der Waals surface area contributed by atoms with Gasteiger partial charge in [-0.1, -0.05) is 23.2 Å². The van der Waals surface area contributed by atoms with Gasteiger partial charge in [-0.15, -0.1) is 0 Å². The standard InChI is InChI=1S/C11H5Cl3O2/c12-6-1-2-8(13)7(5-6)9-3-4-10(16-9)11(14)15/h1-5H. The molecule has 0 aliphatic heterocycles. The molecular weight excluding hydrogens is 270 g/mol. The molecule has 2 nitrogen and oxygen atoms in total. The molecule has 0 saturated heterocycles. The van der Waals surface area contributed by atoms with Crippen molar-refractivity contribution in [1.82, 2.24) is 0 Å². The van der Waals surface area contributed by atoms with E-state index in [0.29, 0.717) is 21.4 Å². The number of rotatable bonds is 2. The lowest BCUT2D eigenvalue weighted by Gasteiger charge is -2.00. The van der Waals surface area contributed by atoms with Crippen molar-refractivity contribution in [3.8, 4) is 11.3 Å². The molecule has 0 fully saturated rings. The first-order valence-electron chi connectivity index (χ1n) is 4.33. The molecule has 0 atom stereocenters. The van der Waals surface area contributed by atoms with Gasteiger partial charge in [0.2, 0.25) is 0 Å². The van der Waals surface area contributed by atoms with Gasteiger partial charge in [0, 0.05) is 10.6 Å². The van der Waals surface area contributed by atoms with Gasteiger partial charge < -0.3 is 4.42 Å². The zero-order valence-corrected chi connectivity index (χ0v) is 10.1. The molecule has 16 heavy (non-hydrogen) atoms. The fraction of sp³-hybridized carbons (Fsp3) is 0. The lowest BCUT2D eigenvalue weighted by Crippen LogP contribution is -1.82. The zero-order chi connectivity index (χ0) is 11.7. The summed E-state index contributed by atoms with van der Waals surface area (Å²) in [6, 6.07) is 8.09. The van der Waals surface area contributed by atoms with Crippen molar-refractivity contribution in [1.29, 1.82) is 0 Å². The van der Waals surface area contributed by atoms with E-state index in [1.165, 1.54) is 6.07 Å². The summed E-state index contributed by atoms with van der Waals surface area (Å²) in [6.45, 7) is 0. The number of hydrogen-bond donors (Lipinski definition) is 0. The van der Waals surface area contributed by atoms with E-state index in [-0.39, 0.29) is 5.76 Å². The molecule has 2 aromatic rings. The van der Waals surface area contributed by atoms with Crippen molar-refractivity contribution < 1.29 is 9.21 Å². The molecule has 0 aliphatic rings. The SMILES string of the molecule is O=C(Cl)c1ccc(-c2cc(Cl)ccc2Cl)o1. The van der Waals surface area contributed by atoms with Crippen LogP contribution in [0, 0.1) is 0 Å². The van der Waals surface area contributed by atoms with Crippen LogP contribution in [0.5, 0.6) is 0 Å². The van der Waals surface area contributed by atoms with Crippen LogP contribution >= 0.6 is 34.8 Å². The summed E-state index contributed by atoms with van der Waals surface area (Å²) >= 11 is 17.1. The number of carbonyl (C=O) groups is 1. The Bertz CT molecular complexity index is 546. The average molecular weight is 276 g/mol. The first-order valence-corrected chi connectivity index (χ1v) is 5.46. The molecule has 0 bridgehead atoms. The van der Waals surface area contributed by atoms with Crippen LogP contribution in [-0.4, -0.2) is 5.24 Å². The molecule has 0 radical (unpaired) electrons. The van der Waals surface area contributed by atoms with Crippen molar-refractivity contribution >= 4 is 40.0 Å². The van der Waals surface area contributed by atoms with Gasteiger partial charge in [0.25, 0.3) is 5.24 Å². The van der Waals surface area contributed by atoms with Crippen LogP contribution in [0.3, 0.4) is 0 Å². The smallest absolute Gasteiger partial charge is 0.287 e. The molecule has 0 amide bonds. The maximum Gasteiger partial charge on any atom is 0.287 e. The summed E-state index contributed by atoms with van der Waals surface area (Å²) in [4.78, 5) is 10.9. The van der Waals surface area contributed by atoms with Crippen molar-refractivity contribution in [3.63, 3.8) is 0 Å². The molecule has 1 aromatic heterocycles. The molecule has 1 heterocycles. The highest BCUT2D eigenvalue weighted by Crippen LogP contribution is 2.31. The van der Waals surface area contributed by atoms with E-state index in [2.05, 4.69) is 0 Å². The minimum Gasteiger partial charge on any atom is -0.452 e. The van der Waals surface area contributed by atoms with Gasteiger partial charge in [-0.3, -0.25) is 4.79 Å². The van der Waals surface area contributed by atoms with Crippen LogP contribution < -0.4 is 0 Å². The van der Waals surface area contributed by atoms with Crippen LogP contribution in [-0.2, 0) is 0 Å². The molecule has 0 N–H and O–H groups in total. The Morgan fingerprint density at radius 1 is 1.12 bits per heavy atom. The second-order valence-electron chi connectivity index (χ2n) is 3.06. The van der Waals surface area contributed by atoms with Crippen molar-refractivity contribution in [2.45, 2.75) is 0 Å². The summed E-state index contributed by atoms with van der Waals surface area (Å²) in [5, 5.41) is 0.381. The molecule has 0 spiro atoms. The van der Waals surface area contributed by atoms with E-state index in [1.54, 1.807) is 24.3 Å². The predicted octanol–water partition coefficient (Wildman–Crippen LogP) is 4.63. The topological polar surface area (TPSA) is 30.2 Å². The monoisotopic (exact) mass is 274 g/mol. The van der Waals surface area contributed by atoms with Crippen molar-refractivity contribution in [3.05, 3.63) is 46.1 Å². The van der Waals surface area contributed by atoms with Gasteiger partial charge in [0.1, 0.15) is 5.76 Å². The third-order valence-electron chi connectivity index (χ3n) is 1.99. The average Bonchev–Trinajstić information content (AvgIpc) is 2.70. The number of halogens is 3. The van der Waals surface area contributed by atoms with Crippen LogP contribution in [0.2, 0.25) is 10.0 Å². The molecule has 82 valence electrons. The molecular formula is C11H5Cl3O2. The van der Waals surface area contributed by atoms with Crippen LogP contribution in [0.25, 0.3) is 11.3 Å². The van der Waals surface area contributed by atoms with Crippen molar-refractivity contribution in [2.75, 3.05) is 0 Å². The maximum atomic E-state index is 10.9. The summed E-state index contributed by atoms with van der Waals surface area (Å²) in [5.74, 6) is 0.532. The van der Waals surface area contributed by atoms with Gasteiger partial charge in [-0.2, -0.15) is 0 Å². The zero-order valence-electron chi connectivity index (χ0n) is 7.84. The van der Waals surface area contributed by atoms with Crippen LogP contribution in [0.1, 0.15) is 10.6 Å². The Balaban J connectivity index is 2.50. The Morgan fingerprint density at radius 2 is 1.88 bits per heavy atom. The third-order valence-corrected chi connectivity index (χ3v) is 2.74. The number of benzene rings is 1. The second-order valence-corrected chi connectivity index (χ2v) is 4.25. The van der Waals surface area contributed by atoms with E-state index >= 15 is 0 Å². The molecule has 0 saturated carbocycles. The number of carbonyl (C=O) groups excluding carboxylic acids is 1. The van der Waals surface area contributed by atoms with Gasteiger partial charge in [-0.05, 0) is 41.9 Å². The van der Waals surface area contributed by atoms with Crippen LogP contribution in [0.15, 0.2) is 34.7 Å². The third kappa shape index (κ3) is 2.24. The fourth-order valence-corrected chi connectivity index (χ4v) is 1.76. The van der Waals surface area contributed by atoms with Crippen LogP contribution in [0.4, 0.5) is 0 Å². The van der Waals surface area contributed by atoms with Gasteiger partial charge in [0.05, 0.1) is 5.02 Å². The summed E-state index contributed by atoms with van der Waals surface area (Å²) in [5.41, 5.74) is 0.623. The Morgan fingerprint density at radius 3 is 2.50 bits per heavy atom. The summed E-state index contributed by atoms with van der Waals surface area (Å²) in [7, 11) is 0. The van der Waals surface area contributed by atoms with Gasteiger partial charge >= 0.3 is 0 Å². The molecule has 2 rings (SSSR count). The normalized spacial score (nSPS) is 10.4.